The van der Waals surface area contributed by atoms with Crippen LogP contribution in [0.5, 0.6) is 0 Å². The molecule has 0 atom stereocenters. The zero-order valence-electron chi connectivity index (χ0n) is 7.10. The predicted octanol–water partition coefficient (Wildman–Crippen LogP) is 3.02. The van der Waals surface area contributed by atoms with Crippen molar-refractivity contribution in [1.29, 1.82) is 0 Å². The quantitative estimate of drug-likeness (QED) is 0.659. The predicted molar refractivity (Wildman–Crippen MR) is 49.0 cm³/mol. The largest absolute Gasteiger partial charge is 0.353 e. The maximum atomic E-state index is 5.96. The van der Waals surface area contributed by atoms with Gasteiger partial charge >= 0.3 is 0 Å². The number of aromatic nitrogens is 1. The molecule has 0 N–H and O–H groups in total. The van der Waals surface area contributed by atoms with Crippen molar-refractivity contribution in [2.75, 3.05) is 0 Å². The zero-order valence-corrected chi connectivity index (χ0v) is 7.86. The average molecular weight is 172 g/mol. The minimum atomic E-state index is 0.904. The molecule has 2 heteroatoms. The van der Waals surface area contributed by atoms with Gasteiger partial charge in [-0.15, -0.1) is 0 Å². The summed E-state index contributed by atoms with van der Waals surface area (Å²) >= 11 is 5.96. The Morgan fingerprint density at radius 3 is 2.73 bits per heavy atom. The fourth-order valence-electron chi connectivity index (χ4n) is 1.17. The fraction of sp³-hybridized carbons (Fsp3) is 0.556. The number of unbranched alkanes of at least 4 members (excludes halogenated alkanes) is 1. The second-order valence-electron chi connectivity index (χ2n) is 2.82. The number of nitrogens with zero attached hydrogens (tertiary/aromatic N) is 1. The van der Waals surface area contributed by atoms with Crippen molar-refractivity contribution >= 4 is 11.6 Å². The van der Waals surface area contributed by atoms with Crippen molar-refractivity contribution in [3.8, 4) is 0 Å². The van der Waals surface area contributed by atoms with E-state index >= 15 is 0 Å². The van der Waals surface area contributed by atoms with Crippen LogP contribution in [0.2, 0.25) is 5.02 Å². The van der Waals surface area contributed by atoms with Crippen LogP contribution in [0.25, 0.3) is 0 Å². The first kappa shape index (κ1) is 8.66. The number of hydrogen-bond donors (Lipinski definition) is 0. The van der Waals surface area contributed by atoms with E-state index in [-0.39, 0.29) is 0 Å². The highest BCUT2D eigenvalue weighted by atomic mass is 35.5. The van der Waals surface area contributed by atoms with Crippen LogP contribution in [-0.2, 0) is 13.5 Å². The Labute approximate surface area is 73.0 Å². The van der Waals surface area contributed by atoms with E-state index in [1.807, 2.05) is 19.3 Å². The standard InChI is InChI=1S/C9H14ClN/c1-3-4-5-9-8(10)6-7-11(9)2/h6-7H,3-5H2,1-2H3. The van der Waals surface area contributed by atoms with Gasteiger partial charge in [-0.2, -0.15) is 0 Å². The van der Waals surface area contributed by atoms with Gasteiger partial charge < -0.3 is 4.57 Å². The smallest absolute Gasteiger partial charge is 0.0615 e. The van der Waals surface area contributed by atoms with Gasteiger partial charge in [0.25, 0.3) is 0 Å². The lowest BCUT2D eigenvalue weighted by Gasteiger charge is -2.01. The lowest BCUT2D eigenvalue weighted by molar-refractivity contribution is 0.733. The van der Waals surface area contributed by atoms with E-state index in [4.69, 9.17) is 11.6 Å². The molecule has 0 saturated carbocycles. The zero-order chi connectivity index (χ0) is 8.27. The van der Waals surface area contributed by atoms with E-state index in [0.29, 0.717) is 0 Å². The third kappa shape index (κ3) is 2.00. The summed E-state index contributed by atoms with van der Waals surface area (Å²) in [6.45, 7) is 2.19. The van der Waals surface area contributed by atoms with Gasteiger partial charge in [0.05, 0.1) is 5.02 Å². The van der Waals surface area contributed by atoms with Gasteiger partial charge in [0.2, 0.25) is 0 Å². The highest BCUT2D eigenvalue weighted by molar-refractivity contribution is 6.31. The molecule has 1 rings (SSSR count). The summed E-state index contributed by atoms with van der Waals surface area (Å²) in [5.74, 6) is 0. The number of rotatable bonds is 3. The van der Waals surface area contributed by atoms with Gasteiger partial charge in [-0.3, -0.25) is 0 Å². The first-order valence-electron chi connectivity index (χ1n) is 4.05. The van der Waals surface area contributed by atoms with E-state index in [1.54, 1.807) is 0 Å². The molecule has 1 aromatic heterocycles. The molecule has 1 aromatic rings. The van der Waals surface area contributed by atoms with E-state index in [1.165, 1.54) is 18.5 Å². The first-order valence-corrected chi connectivity index (χ1v) is 4.43. The molecule has 0 fully saturated rings. The fourth-order valence-corrected chi connectivity index (χ4v) is 1.46. The molecule has 1 nitrogen and oxygen atoms in total. The van der Waals surface area contributed by atoms with Crippen LogP contribution in [0.15, 0.2) is 12.3 Å². The van der Waals surface area contributed by atoms with Crippen molar-refractivity contribution in [3.05, 3.63) is 23.0 Å². The van der Waals surface area contributed by atoms with Gasteiger partial charge in [-0.05, 0) is 18.9 Å². The normalized spacial score (nSPS) is 10.5. The maximum absolute atomic E-state index is 5.96. The molecule has 0 amide bonds. The third-order valence-electron chi connectivity index (χ3n) is 1.91. The minimum Gasteiger partial charge on any atom is -0.353 e. The van der Waals surface area contributed by atoms with Crippen LogP contribution < -0.4 is 0 Å². The van der Waals surface area contributed by atoms with Crippen LogP contribution in [0, 0.1) is 0 Å². The monoisotopic (exact) mass is 171 g/mol. The highest BCUT2D eigenvalue weighted by Gasteiger charge is 2.02. The van der Waals surface area contributed by atoms with Crippen LogP contribution in [0.1, 0.15) is 25.5 Å². The van der Waals surface area contributed by atoms with Crippen LogP contribution >= 0.6 is 11.6 Å². The number of halogens is 1. The third-order valence-corrected chi connectivity index (χ3v) is 2.26. The van der Waals surface area contributed by atoms with Crippen LogP contribution in [-0.4, -0.2) is 4.57 Å². The first-order chi connectivity index (χ1) is 5.25. The summed E-state index contributed by atoms with van der Waals surface area (Å²) in [5, 5.41) is 0.904. The van der Waals surface area contributed by atoms with Gasteiger partial charge in [0, 0.05) is 18.9 Å². The van der Waals surface area contributed by atoms with Gasteiger partial charge in [-0.25, -0.2) is 0 Å². The molecule has 0 bridgehead atoms. The molecule has 0 aliphatic rings. The van der Waals surface area contributed by atoms with E-state index in [2.05, 4.69) is 11.5 Å². The molecule has 0 radical (unpaired) electrons. The molecule has 0 unspecified atom stereocenters. The summed E-state index contributed by atoms with van der Waals surface area (Å²) in [6, 6.07) is 1.95. The molecule has 0 aliphatic heterocycles. The van der Waals surface area contributed by atoms with Crippen LogP contribution in [0.4, 0.5) is 0 Å². The SMILES string of the molecule is CCCCc1c(Cl)ccn1C. The second-order valence-corrected chi connectivity index (χ2v) is 3.23. The number of hydrogen-bond acceptors (Lipinski definition) is 0. The summed E-state index contributed by atoms with van der Waals surface area (Å²) in [5.41, 5.74) is 1.26. The van der Waals surface area contributed by atoms with Crippen molar-refractivity contribution in [1.82, 2.24) is 4.57 Å². The molecule has 0 spiro atoms. The Bertz CT molecular complexity index is 208. The Balaban J connectivity index is 2.67. The lowest BCUT2D eigenvalue weighted by atomic mass is 10.2. The summed E-state index contributed by atoms with van der Waals surface area (Å²) in [4.78, 5) is 0. The molecule has 0 saturated heterocycles. The Hall–Kier alpha value is -0.430. The van der Waals surface area contributed by atoms with E-state index in [9.17, 15) is 0 Å². The topological polar surface area (TPSA) is 4.93 Å². The maximum Gasteiger partial charge on any atom is 0.0615 e. The van der Waals surface area contributed by atoms with Gasteiger partial charge in [0.15, 0.2) is 0 Å². The summed E-state index contributed by atoms with van der Waals surface area (Å²) in [7, 11) is 2.04. The van der Waals surface area contributed by atoms with E-state index in [0.717, 1.165) is 11.4 Å². The second kappa shape index (κ2) is 3.82. The Morgan fingerprint density at radius 2 is 2.27 bits per heavy atom. The molecule has 62 valence electrons. The van der Waals surface area contributed by atoms with Gasteiger partial charge in [-0.1, -0.05) is 24.9 Å². The molecule has 1 heterocycles. The highest BCUT2D eigenvalue weighted by Crippen LogP contribution is 2.17. The van der Waals surface area contributed by atoms with E-state index < -0.39 is 0 Å². The van der Waals surface area contributed by atoms with Gasteiger partial charge in [0.1, 0.15) is 0 Å². The Morgan fingerprint density at radius 1 is 1.55 bits per heavy atom. The Kier molecular flexibility index (Phi) is 3.01. The molecular formula is C9H14ClN. The minimum absolute atomic E-state index is 0.904. The van der Waals surface area contributed by atoms with Crippen molar-refractivity contribution in [2.24, 2.45) is 7.05 Å². The van der Waals surface area contributed by atoms with Crippen molar-refractivity contribution < 1.29 is 0 Å². The lowest BCUT2D eigenvalue weighted by Crippen LogP contribution is -1.94. The molecule has 0 aromatic carbocycles. The molecule has 0 aliphatic carbocycles. The molecule has 11 heavy (non-hydrogen) atoms. The average Bonchev–Trinajstić information content (AvgIpc) is 2.29. The summed E-state index contributed by atoms with van der Waals surface area (Å²) in [6.07, 6.45) is 5.55. The number of aryl methyl sites for hydroxylation is 1. The molecular weight excluding hydrogens is 158 g/mol. The van der Waals surface area contributed by atoms with Crippen molar-refractivity contribution in [3.63, 3.8) is 0 Å². The summed E-state index contributed by atoms with van der Waals surface area (Å²) < 4.78 is 2.10. The van der Waals surface area contributed by atoms with Crippen molar-refractivity contribution in [2.45, 2.75) is 26.2 Å². The van der Waals surface area contributed by atoms with Crippen LogP contribution in [0.3, 0.4) is 0 Å².